The van der Waals surface area contributed by atoms with Crippen LogP contribution in [0.4, 0.5) is 0 Å². The molecule has 0 bridgehead atoms. The van der Waals surface area contributed by atoms with E-state index in [-0.39, 0.29) is 26.1 Å². The van der Waals surface area contributed by atoms with Gasteiger partial charge in [-0.3, -0.25) is 9.59 Å². The van der Waals surface area contributed by atoms with E-state index >= 15 is 0 Å². The van der Waals surface area contributed by atoms with Crippen molar-refractivity contribution in [2.45, 2.75) is 25.7 Å². The standard InChI is InChI=1S/C20H14Br8O6/c21-11-9(12(22)16(26)19(15(11)25)33-5-1-3-7(29)30)10-13(23)17(27)20(18(28)14(10)24)34-6-2-4-8(31)32/h1-6H2,(H,29,30)(H,31,32). The molecule has 2 rings (SSSR count). The van der Waals surface area contributed by atoms with Crippen LogP contribution >= 0.6 is 127 Å². The van der Waals surface area contributed by atoms with Gasteiger partial charge in [-0.05, 0) is 140 Å². The Labute approximate surface area is 262 Å². The van der Waals surface area contributed by atoms with E-state index in [4.69, 9.17) is 19.7 Å². The van der Waals surface area contributed by atoms with Gasteiger partial charge in [-0.1, -0.05) is 0 Å². The topological polar surface area (TPSA) is 93.1 Å². The first-order valence-electron chi connectivity index (χ1n) is 9.31. The van der Waals surface area contributed by atoms with Crippen LogP contribution in [-0.4, -0.2) is 35.4 Å². The first-order valence-corrected chi connectivity index (χ1v) is 15.7. The first kappa shape index (κ1) is 31.0. The molecule has 2 N–H and O–H groups in total. The second-order valence-electron chi connectivity index (χ2n) is 6.61. The van der Waals surface area contributed by atoms with Gasteiger partial charge in [0.05, 0.1) is 31.1 Å². The highest BCUT2D eigenvalue weighted by Crippen LogP contribution is 2.56. The number of hydrogen-bond donors (Lipinski definition) is 2. The van der Waals surface area contributed by atoms with E-state index in [1.165, 1.54) is 0 Å². The van der Waals surface area contributed by atoms with E-state index in [9.17, 15) is 9.59 Å². The lowest BCUT2D eigenvalue weighted by Gasteiger charge is -2.21. The summed E-state index contributed by atoms with van der Waals surface area (Å²) in [6, 6.07) is 0. The maximum Gasteiger partial charge on any atom is 0.303 e. The summed E-state index contributed by atoms with van der Waals surface area (Å²) in [5.74, 6) is -0.701. The SMILES string of the molecule is O=C(O)CCCOc1c(Br)c(Br)c(-c2c(Br)c(Br)c(OCCCC(=O)O)c(Br)c2Br)c(Br)c1Br. The Morgan fingerprint density at radius 3 is 1.03 bits per heavy atom. The second-order valence-corrected chi connectivity index (χ2v) is 13.0. The Morgan fingerprint density at radius 2 is 0.794 bits per heavy atom. The molecule has 186 valence electrons. The summed E-state index contributed by atoms with van der Waals surface area (Å²) in [4.78, 5) is 21.5. The summed E-state index contributed by atoms with van der Waals surface area (Å²) in [6.45, 7) is 0.472. The monoisotopic (exact) mass is 981 g/mol. The lowest BCUT2D eigenvalue weighted by atomic mass is 10.1. The predicted molar refractivity (Wildman–Crippen MR) is 158 cm³/mol. The minimum atomic E-state index is -0.875. The highest BCUT2D eigenvalue weighted by molar-refractivity contribution is 9.14. The zero-order valence-electron chi connectivity index (χ0n) is 16.8. The lowest BCUT2D eigenvalue weighted by Crippen LogP contribution is -2.05. The van der Waals surface area contributed by atoms with Crippen LogP contribution in [0.15, 0.2) is 35.8 Å². The molecule has 6 nitrogen and oxygen atoms in total. The molecule has 0 unspecified atom stereocenters. The summed E-state index contributed by atoms with van der Waals surface area (Å²) in [7, 11) is 0. The molecular weight excluding hydrogens is 975 g/mol. The van der Waals surface area contributed by atoms with Gasteiger partial charge in [-0.15, -0.1) is 0 Å². The summed E-state index contributed by atoms with van der Waals surface area (Å²) in [6.07, 6.45) is 0.775. The van der Waals surface area contributed by atoms with Gasteiger partial charge in [0.1, 0.15) is 11.5 Å². The van der Waals surface area contributed by atoms with Crippen LogP contribution in [0.1, 0.15) is 25.7 Å². The van der Waals surface area contributed by atoms with Gasteiger partial charge in [0.2, 0.25) is 0 Å². The third kappa shape index (κ3) is 7.44. The molecule has 0 amide bonds. The van der Waals surface area contributed by atoms with Crippen molar-refractivity contribution in [3.63, 3.8) is 0 Å². The lowest BCUT2D eigenvalue weighted by molar-refractivity contribution is -0.138. The number of rotatable bonds is 11. The van der Waals surface area contributed by atoms with Crippen LogP contribution in [0.25, 0.3) is 11.1 Å². The van der Waals surface area contributed by atoms with Gasteiger partial charge in [-0.2, -0.15) is 0 Å². The van der Waals surface area contributed by atoms with Gasteiger partial charge >= 0.3 is 11.9 Å². The molecule has 0 aliphatic rings. The number of carboxylic acid groups (broad SMARTS) is 2. The molecule has 0 radical (unpaired) electrons. The van der Waals surface area contributed by atoms with E-state index in [0.717, 1.165) is 11.1 Å². The van der Waals surface area contributed by atoms with Crippen LogP contribution in [0.3, 0.4) is 0 Å². The fourth-order valence-corrected chi connectivity index (χ4v) is 8.12. The van der Waals surface area contributed by atoms with Gasteiger partial charge in [0.15, 0.2) is 0 Å². The fourth-order valence-electron chi connectivity index (χ4n) is 2.71. The Kier molecular flexibility index (Phi) is 12.9. The van der Waals surface area contributed by atoms with Crippen LogP contribution in [0.5, 0.6) is 11.5 Å². The average molecular weight is 990 g/mol. The molecule has 0 aliphatic carbocycles. The van der Waals surface area contributed by atoms with Crippen molar-refractivity contribution in [1.82, 2.24) is 0 Å². The summed E-state index contributed by atoms with van der Waals surface area (Å²) >= 11 is 29.0. The number of hydrogen-bond acceptors (Lipinski definition) is 4. The quantitative estimate of drug-likeness (QED) is 0.172. The number of benzene rings is 2. The fraction of sp³-hybridized carbons (Fsp3) is 0.300. The average Bonchev–Trinajstić information content (AvgIpc) is 2.77. The molecule has 14 heteroatoms. The molecule has 0 aliphatic heterocycles. The Balaban J connectivity index is 2.51. The van der Waals surface area contributed by atoms with Gasteiger partial charge in [0, 0.05) is 41.9 Å². The normalized spacial score (nSPS) is 10.9. The molecule has 0 saturated heterocycles. The minimum absolute atomic E-state index is 0.0162. The second kappa shape index (κ2) is 14.1. The van der Waals surface area contributed by atoms with Crippen LogP contribution in [0.2, 0.25) is 0 Å². The zero-order valence-corrected chi connectivity index (χ0v) is 29.5. The molecule has 2 aromatic rings. The molecule has 0 spiro atoms. The van der Waals surface area contributed by atoms with E-state index in [1.807, 2.05) is 0 Å². The molecule has 2 aromatic carbocycles. The third-order valence-electron chi connectivity index (χ3n) is 4.26. The first-order chi connectivity index (χ1) is 15.9. The van der Waals surface area contributed by atoms with Crippen molar-refractivity contribution in [3.05, 3.63) is 35.8 Å². The van der Waals surface area contributed by atoms with Crippen LogP contribution in [-0.2, 0) is 9.59 Å². The van der Waals surface area contributed by atoms with Gasteiger partial charge in [0.25, 0.3) is 0 Å². The van der Waals surface area contributed by atoms with Crippen molar-refractivity contribution >= 4 is 139 Å². The molecule has 0 saturated carbocycles. The molecule has 0 atom stereocenters. The highest BCUT2D eigenvalue weighted by atomic mass is 79.9. The van der Waals surface area contributed by atoms with E-state index in [0.29, 0.717) is 60.1 Å². The number of ether oxygens (including phenoxy) is 2. The Morgan fingerprint density at radius 1 is 0.529 bits per heavy atom. The maximum absolute atomic E-state index is 10.8. The zero-order chi connectivity index (χ0) is 25.7. The van der Waals surface area contributed by atoms with E-state index in [2.05, 4.69) is 127 Å². The van der Waals surface area contributed by atoms with Crippen LogP contribution < -0.4 is 9.47 Å². The van der Waals surface area contributed by atoms with Gasteiger partial charge in [-0.25, -0.2) is 0 Å². The van der Waals surface area contributed by atoms with Gasteiger partial charge < -0.3 is 19.7 Å². The van der Waals surface area contributed by atoms with Crippen molar-refractivity contribution in [3.8, 4) is 22.6 Å². The summed E-state index contributed by atoms with van der Waals surface area (Å²) < 4.78 is 17.1. The third-order valence-corrected chi connectivity index (χ3v) is 12.6. The Bertz CT molecular complexity index is 976. The number of aliphatic carboxylic acids is 2. The van der Waals surface area contributed by atoms with E-state index < -0.39 is 11.9 Å². The highest BCUT2D eigenvalue weighted by Gasteiger charge is 2.28. The maximum atomic E-state index is 10.8. The molecule has 0 fully saturated rings. The van der Waals surface area contributed by atoms with E-state index in [1.54, 1.807) is 0 Å². The molecule has 0 heterocycles. The largest absolute Gasteiger partial charge is 0.491 e. The van der Waals surface area contributed by atoms with Crippen molar-refractivity contribution in [2.24, 2.45) is 0 Å². The summed E-state index contributed by atoms with van der Waals surface area (Å²) in [5, 5.41) is 17.7. The van der Waals surface area contributed by atoms with Crippen molar-refractivity contribution in [1.29, 1.82) is 0 Å². The summed E-state index contributed by atoms with van der Waals surface area (Å²) in [5.41, 5.74) is 1.57. The van der Waals surface area contributed by atoms with Crippen LogP contribution in [0, 0.1) is 0 Å². The smallest absolute Gasteiger partial charge is 0.303 e. The minimum Gasteiger partial charge on any atom is -0.491 e. The Hall–Kier alpha value is 0.820. The number of carbonyl (C=O) groups is 2. The van der Waals surface area contributed by atoms with Crippen molar-refractivity contribution in [2.75, 3.05) is 13.2 Å². The number of halogens is 8. The predicted octanol–water partition coefficient (Wildman–Crippen LogP) is 9.94. The molecule has 0 aromatic heterocycles. The molecule has 34 heavy (non-hydrogen) atoms. The molecular formula is C20H14Br8O6. The number of carboxylic acids is 2. The van der Waals surface area contributed by atoms with Crippen molar-refractivity contribution < 1.29 is 29.3 Å².